The second kappa shape index (κ2) is 7.81. The molecule has 0 amide bonds. The van der Waals surface area contributed by atoms with E-state index in [9.17, 15) is 0 Å². The molecule has 1 atom stereocenters. The topological polar surface area (TPSA) is 32.5 Å². The standard InChI is InChI=1S/C18H31N3/c1-15(17-4-6-18(19)7-5-17)8-11-21-12-9-16(10-13-21)14-20(2)3/h4-7,15-16H,8-14,19H2,1-3H3. The molecule has 0 radical (unpaired) electrons. The third-order valence-corrected chi connectivity index (χ3v) is 4.71. The fraction of sp³-hybridized carbons (Fsp3) is 0.667. The van der Waals surface area contributed by atoms with Crippen LogP contribution in [0.2, 0.25) is 0 Å². The minimum absolute atomic E-state index is 0.616. The highest BCUT2D eigenvalue weighted by Crippen LogP contribution is 2.23. The van der Waals surface area contributed by atoms with Gasteiger partial charge in [0.2, 0.25) is 0 Å². The minimum Gasteiger partial charge on any atom is -0.399 e. The van der Waals surface area contributed by atoms with E-state index < -0.39 is 0 Å². The van der Waals surface area contributed by atoms with Gasteiger partial charge in [0.05, 0.1) is 0 Å². The molecule has 1 fully saturated rings. The van der Waals surface area contributed by atoms with Crippen molar-refractivity contribution in [2.75, 3.05) is 46.0 Å². The van der Waals surface area contributed by atoms with Crippen molar-refractivity contribution >= 4 is 5.69 Å². The van der Waals surface area contributed by atoms with Gasteiger partial charge in [-0.1, -0.05) is 19.1 Å². The molecule has 0 saturated carbocycles. The van der Waals surface area contributed by atoms with E-state index in [1.54, 1.807) is 0 Å². The van der Waals surface area contributed by atoms with E-state index >= 15 is 0 Å². The van der Waals surface area contributed by atoms with Crippen LogP contribution in [0.1, 0.15) is 37.7 Å². The van der Waals surface area contributed by atoms with Crippen molar-refractivity contribution in [2.24, 2.45) is 5.92 Å². The van der Waals surface area contributed by atoms with Crippen LogP contribution in [-0.2, 0) is 0 Å². The van der Waals surface area contributed by atoms with Crippen molar-refractivity contribution in [1.82, 2.24) is 9.80 Å². The summed E-state index contributed by atoms with van der Waals surface area (Å²) in [7, 11) is 4.36. The summed E-state index contributed by atoms with van der Waals surface area (Å²) in [6, 6.07) is 8.36. The van der Waals surface area contributed by atoms with E-state index in [1.807, 2.05) is 12.1 Å². The van der Waals surface area contributed by atoms with E-state index in [0.717, 1.165) is 11.6 Å². The van der Waals surface area contributed by atoms with E-state index in [4.69, 9.17) is 5.73 Å². The summed E-state index contributed by atoms with van der Waals surface area (Å²) in [6.45, 7) is 7.33. The molecule has 2 N–H and O–H groups in total. The first-order chi connectivity index (χ1) is 10.0. The Balaban J connectivity index is 1.70. The molecule has 1 saturated heterocycles. The Kier molecular flexibility index (Phi) is 6.07. The molecule has 1 aliphatic heterocycles. The number of likely N-dealkylation sites (tertiary alicyclic amines) is 1. The zero-order valence-electron chi connectivity index (χ0n) is 13.9. The van der Waals surface area contributed by atoms with Crippen LogP contribution in [0.15, 0.2) is 24.3 Å². The fourth-order valence-electron chi connectivity index (χ4n) is 3.28. The number of nitrogens with zero attached hydrogens (tertiary/aromatic N) is 2. The average molecular weight is 289 g/mol. The van der Waals surface area contributed by atoms with E-state index in [0.29, 0.717) is 5.92 Å². The summed E-state index contributed by atoms with van der Waals surface area (Å²) in [4.78, 5) is 4.96. The molecule has 118 valence electrons. The monoisotopic (exact) mass is 289 g/mol. The van der Waals surface area contributed by atoms with Crippen LogP contribution >= 0.6 is 0 Å². The Morgan fingerprint density at radius 1 is 1.19 bits per heavy atom. The molecule has 1 aromatic carbocycles. The van der Waals surface area contributed by atoms with Gasteiger partial charge in [0.1, 0.15) is 0 Å². The molecule has 2 rings (SSSR count). The smallest absolute Gasteiger partial charge is 0.0314 e. The van der Waals surface area contributed by atoms with Gasteiger partial charge in [-0.25, -0.2) is 0 Å². The molecule has 0 spiro atoms. The van der Waals surface area contributed by atoms with Gasteiger partial charge in [0, 0.05) is 12.2 Å². The van der Waals surface area contributed by atoms with Gasteiger partial charge in [-0.3, -0.25) is 0 Å². The number of piperidine rings is 1. The molecule has 3 nitrogen and oxygen atoms in total. The van der Waals surface area contributed by atoms with Gasteiger partial charge in [-0.2, -0.15) is 0 Å². The van der Waals surface area contributed by atoms with Crippen molar-refractivity contribution in [3.63, 3.8) is 0 Å². The van der Waals surface area contributed by atoms with Crippen LogP contribution in [0.5, 0.6) is 0 Å². The fourth-order valence-corrected chi connectivity index (χ4v) is 3.28. The van der Waals surface area contributed by atoms with Crippen LogP contribution in [0.3, 0.4) is 0 Å². The number of benzene rings is 1. The predicted molar refractivity (Wildman–Crippen MR) is 91.6 cm³/mol. The summed E-state index contributed by atoms with van der Waals surface area (Å²) in [5, 5.41) is 0. The van der Waals surface area contributed by atoms with Gasteiger partial charge >= 0.3 is 0 Å². The highest BCUT2D eigenvalue weighted by molar-refractivity contribution is 5.40. The third-order valence-electron chi connectivity index (χ3n) is 4.71. The number of nitrogen functional groups attached to an aromatic ring is 1. The molecule has 21 heavy (non-hydrogen) atoms. The van der Waals surface area contributed by atoms with Gasteiger partial charge in [-0.05, 0) is 82.5 Å². The summed E-state index contributed by atoms with van der Waals surface area (Å²) in [5.41, 5.74) is 8.02. The highest BCUT2D eigenvalue weighted by atomic mass is 15.1. The first-order valence-corrected chi connectivity index (χ1v) is 8.27. The second-order valence-corrected chi connectivity index (χ2v) is 6.90. The molecule has 0 aromatic heterocycles. The lowest BCUT2D eigenvalue weighted by atomic mass is 9.94. The van der Waals surface area contributed by atoms with Crippen molar-refractivity contribution in [1.29, 1.82) is 0 Å². The lowest BCUT2D eigenvalue weighted by Crippen LogP contribution is -2.37. The summed E-state index contributed by atoms with van der Waals surface area (Å²) >= 11 is 0. The summed E-state index contributed by atoms with van der Waals surface area (Å²) in [5.74, 6) is 1.51. The zero-order chi connectivity index (χ0) is 15.2. The molecule has 0 bridgehead atoms. The number of hydrogen-bond donors (Lipinski definition) is 1. The number of rotatable bonds is 6. The first kappa shape index (κ1) is 16.3. The summed E-state index contributed by atoms with van der Waals surface area (Å²) in [6.07, 6.45) is 3.95. The van der Waals surface area contributed by atoms with Crippen LogP contribution in [0, 0.1) is 5.92 Å². The Morgan fingerprint density at radius 2 is 1.81 bits per heavy atom. The van der Waals surface area contributed by atoms with Crippen LogP contribution in [0.4, 0.5) is 5.69 Å². The quantitative estimate of drug-likeness (QED) is 0.817. The van der Waals surface area contributed by atoms with Crippen LogP contribution in [0.25, 0.3) is 0 Å². The van der Waals surface area contributed by atoms with Gasteiger partial charge < -0.3 is 15.5 Å². The van der Waals surface area contributed by atoms with Gasteiger partial charge in [0.25, 0.3) is 0 Å². The van der Waals surface area contributed by atoms with E-state index in [-0.39, 0.29) is 0 Å². The van der Waals surface area contributed by atoms with E-state index in [1.165, 1.54) is 51.0 Å². The predicted octanol–water partition coefficient (Wildman–Crippen LogP) is 3.04. The maximum absolute atomic E-state index is 5.75. The maximum atomic E-state index is 5.75. The Hall–Kier alpha value is -1.06. The Bertz CT molecular complexity index is 405. The van der Waals surface area contributed by atoms with Crippen molar-refractivity contribution in [3.8, 4) is 0 Å². The zero-order valence-corrected chi connectivity index (χ0v) is 13.9. The van der Waals surface area contributed by atoms with E-state index in [2.05, 4.69) is 43.0 Å². The third kappa shape index (κ3) is 5.33. The lowest BCUT2D eigenvalue weighted by Gasteiger charge is -2.33. The summed E-state index contributed by atoms with van der Waals surface area (Å²) < 4.78 is 0. The lowest BCUT2D eigenvalue weighted by molar-refractivity contribution is 0.159. The largest absolute Gasteiger partial charge is 0.399 e. The number of hydrogen-bond acceptors (Lipinski definition) is 3. The number of anilines is 1. The van der Waals surface area contributed by atoms with Crippen molar-refractivity contribution in [3.05, 3.63) is 29.8 Å². The molecule has 0 aliphatic carbocycles. The Morgan fingerprint density at radius 3 is 2.38 bits per heavy atom. The maximum Gasteiger partial charge on any atom is 0.0314 e. The van der Waals surface area contributed by atoms with Gasteiger partial charge in [0.15, 0.2) is 0 Å². The van der Waals surface area contributed by atoms with Crippen molar-refractivity contribution in [2.45, 2.75) is 32.1 Å². The molecular weight excluding hydrogens is 258 g/mol. The average Bonchev–Trinajstić information content (AvgIpc) is 2.46. The molecule has 3 heteroatoms. The first-order valence-electron chi connectivity index (χ1n) is 8.27. The Labute approximate surface area is 130 Å². The van der Waals surface area contributed by atoms with Crippen molar-refractivity contribution < 1.29 is 0 Å². The van der Waals surface area contributed by atoms with Gasteiger partial charge in [-0.15, -0.1) is 0 Å². The molecule has 1 unspecified atom stereocenters. The normalized spacial score (nSPS) is 19.0. The molecule has 1 aliphatic rings. The second-order valence-electron chi connectivity index (χ2n) is 6.90. The SMILES string of the molecule is CC(CCN1CCC(CN(C)C)CC1)c1ccc(N)cc1. The molecule has 1 heterocycles. The number of nitrogens with two attached hydrogens (primary N) is 1. The van der Waals surface area contributed by atoms with Crippen LogP contribution in [-0.4, -0.2) is 50.1 Å². The molecule has 1 aromatic rings. The minimum atomic E-state index is 0.616. The highest BCUT2D eigenvalue weighted by Gasteiger charge is 2.19. The molecular formula is C18H31N3. The van der Waals surface area contributed by atoms with Crippen LogP contribution < -0.4 is 5.73 Å².